The van der Waals surface area contributed by atoms with Gasteiger partial charge in [-0.05, 0) is 6.92 Å². The predicted octanol–water partition coefficient (Wildman–Crippen LogP) is 0.623. The molecule has 0 aromatic carbocycles. The van der Waals surface area contributed by atoms with Crippen LogP contribution in [0.2, 0.25) is 0 Å². The van der Waals surface area contributed by atoms with Crippen LogP contribution in [0.25, 0.3) is 0 Å². The van der Waals surface area contributed by atoms with Crippen LogP contribution in [0.4, 0.5) is 13.2 Å². The highest BCUT2D eigenvalue weighted by Crippen LogP contribution is 2.44. The van der Waals surface area contributed by atoms with E-state index in [1.54, 1.807) is 0 Å². The number of aliphatic hydroxyl groups is 2. The predicted molar refractivity (Wildman–Crippen MR) is 41.4 cm³/mol. The minimum atomic E-state index is -4.89. The molecule has 0 aliphatic rings. The molecule has 0 aromatic rings. The normalized spacial score (nSPS) is 20.4. The molecule has 4 N–H and O–H groups in total. The molecular weight excluding hydrogens is 203 g/mol. The summed E-state index contributed by atoms with van der Waals surface area (Å²) in [4.78, 5) is 0. The molecule has 2 unspecified atom stereocenters. The Morgan fingerprint density at radius 3 is 1.71 bits per heavy atom. The first-order valence-corrected chi connectivity index (χ1v) is 3.85. The average molecular weight is 217 g/mol. The topological polar surface area (TPSA) is 72.7 Å². The van der Waals surface area contributed by atoms with Crippen molar-refractivity contribution in [3.63, 3.8) is 0 Å². The van der Waals surface area contributed by atoms with E-state index in [1.807, 2.05) is 0 Å². The SMILES string of the molecule is CC(C)(C(O)NO)C(C)(O)C(F)(F)F. The van der Waals surface area contributed by atoms with Gasteiger partial charge in [0.05, 0.1) is 0 Å². The van der Waals surface area contributed by atoms with E-state index < -0.39 is 23.4 Å². The van der Waals surface area contributed by atoms with Crippen LogP contribution in [0.1, 0.15) is 20.8 Å². The standard InChI is InChI=1S/C7H14F3NO3/c1-5(2,4(12)11-14)6(3,13)7(8,9)10/h4,11-14H,1-3H3. The van der Waals surface area contributed by atoms with Gasteiger partial charge >= 0.3 is 6.18 Å². The Morgan fingerprint density at radius 1 is 1.14 bits per heavy atom. The van der Waals surface area contributed by atoms with E-state index in [1.165, 1.54) is 5.48 Å². The monoisotopic (exact) mass is 217 g/mol. The van der Waals surface area contributed by atoms with Crippen molar-refractivity contribution in [3.05, 3.63) is 0 Å². The van der Waals surface area contributed by atoms with Gasteiger partial charge in [-0.2, -0.15) is 18.7 Å². The van der Waals surface area contributed by atoms with E-state index >= 15 is 0 Å². The van der Waals surface area contributed by atoms with Crippen molar-refractivity contribution in [1.82, 2.24) is 5.48 Å². The van der Waals surface area contributed by atoms with E-state index in [0.717, 1.165) is 13.8 Å². The van der Waals surface area contributed by atoms with Gasteiger partial charge in [-0.3, -0.25) is 0 Å². The third-order valence-corrected chi connectivity index (χ3v) is 2.61. The average Bonchev–Trinajstić information content (AvgIpc) is 2.00. The molecule has 0 fully saturated rings. The third kappa shape index (κ3) is 2.00. The summed E-state index contributed by atoms with van der Waals surface area (Å²) in [6.45, 7) is 2.50. The molecule has 7 heteroatoms. The number of halogens is 3. The number of nitrogens with one attached hydrogen (secondary N) is 1. The second-order valence-electron chi connectivity index (χ2n) is 3.82. The fraction of sp³-hybridized carbons (Fsp3) is 1.00. The first-order valence-electron chi connectivity index (χ1n) is 3.85. The number of alkyl halides is 3. The first-order chi connectivity index (χ1) is 5.98. The fourth-order valence-electron chi connectivity index (χ4n) is 0.793. The fourth-order valence-corrected chi connectivity index (χ4v) is 0.793. The van der Waals surface area contributed by atoms with E-state index in [4.69, 9.17) is 10.3 Å². The zero-order valence-electron chi connectivity index (χ0n) is 8.05. The minimum Gasteiger partial charge on any atom is -0.380 e. The highest BCUT2D eigenvalue weighted by Gasteiger charge is 2.61. The lowest BCUT2D eigenvalue weighted by molar-refractivity contribution is -0.309. The van der Waals surface area contributed by atoms with E-state index in [-0.39, 0.29) is 0 Å². The van der Waals surface area contributed by atoms with Gasteiger partial charge in [0.1, 0.15) is 6.23 Å². The first kappa shape index (κ1) is 13.6. The highest BCUT2D eigenvalue weighted by molar-refractivity contribution is 4.97. The van der Waals surface area contributed by atoms with Gasteiger partial charge in [-0.1, -0.05) is 13.8 Å². The zero-order valence-corrected chi connectivity index (χ0v) is 8.05. The van der Waals surface area contributed by atoms with Crippen LogP contribution in [0.3, 0.4) is 0 Å². The van der Waals surface area contributed by atoms with Crippen LogP contribution in [-0.4, -0.2) is 33.4 Å². The summed E-state index contributed by atoms with van der Waals surface area (Å²) in [5.74, 6) is 0. The molecule has 2 atom stereocenters. The largest absolute Gasteiger partial charge is 0.417 e. The number of hydrogen-bond acceptors (Lipinski definition) is 4. The molecule has 14 heavy (non-hydrogen) atoms. The molecule has 0 aliphatic heterocycles. The van der Waals surface area contributed by atoms with Crippen LogP contribution in [0.15, 0.2) is 0 Å². The summed E-state index contributed by atoms with van der Waals surface area (Å²) in [6.07, 6.45) is -6.78. The molecule has 0 bridgehead atoms. The number of rotatable bonds is 3. The van der Waals surface area contributed by atoms with E-state index in [9.17, 15) is 18.3 Å². The van der Waals surface area contributed by atoms with E-state index in [0.29, 0.717) is 6.92 Å². The summed E-state index contributed by atoms with van der Waals surface area (Å²) in [7, 11) is 0. The summed E-state index contributed by atoms with van der Waals surface area (Å²) in [5.41, 5.74) is -3.82. The molecular formula is C7H14F3NO3. The summed E-state index contributed by atoms with van der Waals surface area (Å²) >= 11 is 0. The quantitative estimate of drug-likeness (QED) is 0.413. The van der Waals surface area contributed by atoms with Crippen molar-refractivity contribution in [2.75, 3.05) is 0 Å². The Morgan fingerprint density at radius 2 is 1.50 bits per heavy atom. The van der Waals surface area contributed by atoms with Crippen LogP contribution in [0, 0.1) is 5.41 Å². The van der Waals surface area contributed by atoms with Gasteiger partial charge < -0.3 is 15.4 Å². The lowest BCUT2D eigenvalue weighted by Gasteiger charge is -2.43. The molecule has 0 saturated heterocycles. The molecule has 0 spiro atoms. The molecule has 0 radical (unpaired) electrons. The van der Waals surface area contributed by atoms with Crippen molar-refractivity contribution >= 4 is 0 Å². The lowest BCUT2D eigenvalue weighted by atomic mass is 9.74. The minimum absolute atomic E-state index is 0.535. The summed E-state index contributed by atoms with van der Waals surface area (Å²) < 4.78 is 37.1. The Balaban J connectivity index is 5.07. The van der Waals surface area contributed by atoms with Gasteiger partial charge in [-0.15, -0.1) is 0 Å². The number of hydrogen-bond donors (Lipinski definition) is 4. The molecule has 86 valence electrons. The maximum Gasteiger partial charge on any atom is 0.417 e. The Bertz CT molecular complexity index is 203. The molecule has 0 amide bonds. The number of hydroxylamine groups is 1. The molecule has 0 aliphatic carbocycles. The van der Waals surface area contributed by atoms with Gasteiger partial charge in [0.25, 0.3) is 0 Å². The van der Waals surface area contributed by atoms with Crippen molar-refractivity contribution < 1.29 is 28.6 Å². The van der Waals surface area contributed by atoms with Crippen LogP contribution < -0.4 is 5.48 Å². The van der Waals surface area contributed by atoms with Crippen molar-refractivity contribution in [2.24, 2.45) is 5.41 Å². The molecule has 0 aromatic heterocycles. The van der Waals surface area contributed by atoms with Gasteiger partial charge in [0.15, 0.2) is 5.60 Å². The van der Waals surface area contributed by atoms with Crippen LogP contribution in [0.5, 0.6) is 0 Å². The smallest absolute Gasteiger partial charge is 0.380 e. The maximum absolute atomic E-state index is 12.4. The summed E-state index contributed by atoms with van der Waals surface area (Å²) in [5, 5.41) is 26.6. The van der Waals surface area contributed by atoms with Crippen molar-refractivity contribution in [3.8, 4) is 0 Å². The molecule has 0 rings (SSSR count). The highest BCUT2D eigenvalue weighted by atomic mass is 19.4. The van der Waals surface area contributed by atoms with Gasteiger partial charge in [0, 0.05) is 5.41 Å². The lowest BCUT2D eigenvalue weighted by Crippen LogP contribution is -2.61. The molecule has 4 nitrogen and oxygen atoms in total. The summed E-state index contributed by atoms with van der Waals surface area (Å²) in [6, 6.07) is 0. The van der Waals surface area contributed by atoms with Crippen molar-refractivity contribution in [1.29, 1.82) is 0 Å². The molecule has 0 saturated carbocycles. The van der Waals surface area contributed by atoms with Crippen LogP contribution in [-0.2, 0) is 0 Å². The van der Waals surface area contributed by atoms with Gasteiger partial charge in [-0.25, -0.2) is 0 Å². The Kier molecular flexibility index (Phi) is 3.55. The zero-order chi connectivity index (χ0) is 11.8. The van der Waals surface area contributed by atoms with Crippen molar-refractivity contribution in [2.45, 2.75) is 38.8 Å². The van der Waals surface area contributed by atoms with Gasteiger partial charge in [0.2, 0.25) is 0 Å². The molecule has 0 heterocycles. The Hall–Kier alpha value is -0.370. The number of aliphatic hydroxyl groups excluding tert-OH is 1. The Labute approximate surface area is 79.3 Å². The maximum atomic E-state index is 12.4. The third-order valence-electron chi connectivity index (χ3n) is 2.61. The van der Waals surface area contributed by atoms with Crippen LogP contribution >= 0.6 is 0 Å². The second kappa shape index (κ2) is 3.65. The van der Waals surface area contributed by atoms with E-state index in [2.05, 4.69) is 0 Å². The second-order valence-corrected chi connectivity index (χ2v) is 3.82.